The molecule has 1 aliphatic rings. The lowest BCUT2D eigenvalue weighted by Gasteiger charge is -2.37. The summed E-state index contributed by atoms with van der Waals surface area (Å²) in [6, 6.07) is 8.23. The molecule has 10 heteroatoms. The van der Waals surface area contributed by atoms with Gasteiger partial charge in [0.05, 0.1) is 23.8 Å². The fourth-order valence-corrected chi connectivity index (χ4v) is 3.30. The zero-order chi connectivity index (χ0) is 20.0. The Kier molecular flexibility index (Phi) is 3.90. The average Bonchev–Trinajstić information content (AvgIpc) is 3.27. The van der Waals surface area contributed by atoms with Crippen LogP contribution in [0.5, 0.6) is 0 Å². The number of amides is 1. The number of nitrogens with zero attached hydrogens (tertiary/aromatic N) is 6. The minimum atomic E-state index is -0.638. The van der Waals surface area contributed by atoms with Crippen LogP contribution in [0.25, 0.3) is 11.1 Å². The predicted octanol–water partition coefficient (Wildman–Crippen LogP) is 1.80. The third-order valence-electron chi connectivity index (χ3n) is 4.85. The molecule has 0 aliphatic carbocycles. The van der Waals surface area contributed by atoms with Gasteiger partial charge in [0.2, 0.25) is 0 Å². The highest BCUT2D eigenvalue weighted by atomic mass is 16.4. The molecule has 3 aromatic heterocycles. The van der Waals surface area contributed by atoms with Gasteiger partial charge in [0.25, 0.3) is 11.9 Å². The molecule has 0 spiro atoms. The number of para-hydroxylation sites is 2. The lowest BCUT2D eigenvalue weighted by molar-refractivity contribution is 0.0995. The standard InChI is InChI=1S/C19H18N8O2/c1-26-10-12(6-22-26)23-18-16(17(20)28)24-14(7-21-18)11-8-27(9-11)19-25-13-4-2-3-5-15(13)29-19/h2-7,10-11H,8-9H2,1H3,(H2,20,28)(H,21,23). The second kappa shape index (κ2) is 6.59. The number of rotatable bonds is 5. The van der Waals surface area contributed by atoms with Crippen LogP contribution >= 0.6 is 0 Å². The molecular weight excluding hydrogens is 372 g/mol. The second-order valence-corrected chi connectivity index (χ2v) is 6.95. The molecule has 0 atom stereocenters. The van der Waals surface area contributed by atoms with Gasteiger partial charge < -0.3 is 20.4 Å². The van der Waals surface area contributed by atoms with Crippen molar-refractivity contribution >= 4 is 34.5 Å². The molecule has 0 unspecified atom stereocenters. The monoisotopic (exact) mass is 390 g/mol. The maximum atomic E-state index is 11.9. The highest BCUT2D eigenvalue weighted by Crippen LogP contribution is 2.32. The summed E-state index contributed by atoms with van der Waals surface area (Å²) in [5.41, 5.74) is 8.62. The summed E-state index contributed by atoms with van der Waals surface area (Å²) in [5.74, 6) is -0.215. The van der Waals surface area contributed by atoms with Crippen LogP contribution in [-0.4, -0.2) is 43.7 Å². The van der Waals surface area contributed by atoms with Gasteiger partial charge >= 0.3 is 0 Å². The fraction of sp³-hybridized carbons (Fsp3) is 0.211. The van der Waals surface area contributed by atoms with Crippen LogP contribution in [0.3, 0.4) is 0 Å². The van der Waals surface area contributed by atoms with Gasteiger partial charge in [-0.15, -0.1) is 0 Å². The number of fused-ring (bicyclic) bond motifs is 1. The lowest BCUT2D eigenvalue weighted by atomic mass is 9.97. The number of primary amides is 1. The summed E-state index contributed by atoms with van der Waals surface area (Å²) in [6.07, 6.45) is 5.06. The maximum absolute atomic E-state index is 11.9. The van der Waals surface area contributed by atoms with Crippen molar-refractivity contribution in [2.75, 3.05) is 23.3 Å². The van der Waals surface area contributed by atoms with Crippen LogP contribution in [0.2, 0.25) is 0 Å². The Morgan fingerprint density at radius 3 is 2.79 bits per heavy atom. The van der Waals surface area contributed by atoms with E-state index in [0.29, 0.717) is 36.3 Å². The van der Waals surface area contributed by atoms with Crippen molar-refractivity contribution < 1.29 is 9.21 Å². The molecule has 146 valence electrons. The Bertz CT molecular complexity index is 1170. The third kappa shape index (κ3) is 3.14. The van der Waals surface area contributed by atoms with E-state index < -0.39 is 5.91 Å². The molecule has 1 saturated heterocycles. The number of carbonyl (C=O) groups excluding carboxylic acids is 1. The van der Waals surface area contributed by atoms with Crippen LogP contribution in [0.4, 0.5) is 17.5 Å². The van der Waals surface area contributed by atoms with E-state index in [1.54, 1.807) is 30.3 Å². The summed E-state index contributed by atoms with van der Waals surface area (Å²) < 4.78 is 7.43. The average molecular weight is 390 g/mol. The second-order valence-electron chi connectivity index (χ2n) is 6.95. The quantitative estimate of drug-likeness (QED) is 0.528. The Morgan fingerprint density at radius 2 is 2.07 bits per heavy atom. The molecule has 0 radical (unpaired) electrons. The van der Waals surface area contributed by atoms with Gasteiger partial charge in [-0.25, -0.2) is 9.97 Å². The predicted molar refractivity (Wildman–Crippen MR) is 106 cm³/mol. The van der Waals surface area contributed by atoms with Gasteiger partial charge in [-0.1, -0.05) is 12.1 Å². The van der Waals surface area contributed by atoms with E-state index in [9.17, 15) is 4.79 Å². The first-order chi connectivity index (χ1) is 14.1. The number of oxazole rings is 1. The van der Waals surface area contributed by atoms with Crippen LogP contribution in [0.1, 0.15) is 22.1 Å². The Balaban J connectivity index is 1.34. The van der Waals surface area contributed by atoms with Crippen molar-refractivity contribution in [2.45, 2.75) is 5.92 Å². The fourth-order valence-electron chi connectivity index (χ4n) is 3.30. The molecule has 5 rings (SSSR count). The van der Waals surface area contributed by atoms with Crippen molar-refractivity contribution in [2.24, 2.45) is 12.8 Å². The van der Waals surface area contributed by atoms with E-state index in [1.807, 2.05) is 29.2 Å². The first-order valence-corrected chi connectivity index (χ1v) is 9.10. The minimum Gasteiger partial charge on any atom is -0.423 e. The maximum Gasteiger partial charge on any atom is 0.298 e. The minimum absolute atomic E-state index is 0.103. The molecule has 1 aliphatic heterocycles. The van der Waals surface area contributed by atoms with Gasteiger partial charge in [-0.05, 0) is 12.1 Å². The van der Waals surface area contributed by atoms with Crippen LogP contribution < -0.4 is 16.0 Å². The number of aromatic nitrogens is 5. The first-order valence-electron chi connectivity index (χ1n) is 9.10. The van der Waals surface area contributed by atoms with Crippen molar-refractivity contribution in [3.8, 4) is 0 Å². The van der Waals surface area contributed by atoms with Crippen LogP contribution in [0.15, 0.2) is 47.3 Å². The Hall–Kier alpha value is -3.95. The van der Waals surface area contributed by atoms with Crippen molar-refractivity contribution in [3.63, 3.8) is 0 Å². The van der Waals surface area contributed by atoms with E-state index in [2.05, 4.69) is 25.4 Å². The van der Waals surface area contributed by atoms with Crippen molar-refractivity contribution in [1.82, 2.24) is 24.7 Å². The van der Waals surface area contributed by atoms with Crippen molar-refractivity contribution in [3.05, 3.63) is 54.2 Å². The highest BCUT2D eigenvalue weighted by Gasteiger charge is 2.33. The van der Waals surface area contributed by atoms with E-state index in [1.165, 1.54) is 0 Å². The molecule has 1 aromatic carbocycles. The number of anilines is 3. The molecule has 4 heterocycles. The Morgan fingerprint density at radius 1 is 1.24 bits per heavy atom. The number of hydrogen-bond donors (Lipinski definition) is 2. The summed E-state index contributed by atoms with van der Waals surface area (Å²) in [4.78, 5) is 27.3. The van der Waals surface area contributed by atoms with Gasteiger partial charge in [0, 0.05) is 32.3 Å². The van der Waals surface area contributed by atoms with Gasteiger partial charge in [-0.2, -0.15) is 10.1 Å². The number of nitrogens with two attached hydrogens (primary N) is 1. The zero-order valence-electron chi connectivity index (χ0n) is 15.6. The normalized spacial score (nSPS) is 14.2. The molecule has 10 nitrogen and oxygen atoms in total. The first kappa shape index (κ1) is 17.2. The number of hydrogen-bond acceptors (Lipinski definition) is 8. The van der Waals surface area contributed by atoms with Crippen LogP contribution in [-0.2, 0) is 7.05 Å². The summed E-state index contributed by atoms with van der Waals surface area (Å²) in [6.45, 7) is 1.35. The molecule has 0 bridgehead atoms. The summed E-state index contributed by atoms with van der Waals surface area (Å²) >= 11 is 0. The summed E-state index contributed by atoms with van der Waals surface area (Å²) in [5, 5.41) is 7.11. The lowest BCUT2D eigenvalue weighted by Crippen LogP contribution is -2.45. The molecular formula is C19H18N8O2. The van der Waals surface area contributed by atoms with Crippen molar-refractivity contribution in [1.29, 1.82) is 0 Å². The largest absolute Gasteiger partial charge is 0.423 e. The third-order valence-corrected chi connectivity index (χ3v) is 4.85. The van der Waals surface area contributed by atoms with Gasteiger partial charge in [-0.3, -0.25) is 9.48 Å². The zero-order valence-corrected chi connectivity index (χ0v) is 15.6. The van der Waals surface area contributed by atoms with E-state index in [0.717, 1.165) is 11.1 Å². The van der Waals surface area contributed by atoms with E-state index in [-0.39, 0.29) is 11.6 Å². The number of aryl methyl sites for hydroxylation is 1. The smallest absolute Gasteiger partial charge is 0.298 e. The Labute approximate surface area is 165 Å². The number of nitrogens with one attached hydrogen (secondary N) is 1. The molecule has 29 heavy (non-hydrogen) atoms. The topological polar surface area (TPSA) is 128 Å². The van der Waals surface area contributed by atoms with E-state index in [4.69, 9.17) is 10.2 Å². The SMILES string of the molecule is Cn1cc(Nc2ncc(C3CN(c4nc5ccccc5o4)C3)nc2C(N)=O)cn1. The van der Waals surface area contributed by atoms with Gasteiger partial charge in [0.1, 0.15) is 5.52 Å². The van der Waals surface area contributed by atoms with Gasteiger partial charge in [0.15, 0.2) is 17.1 Å². The van der Waals surface area contributed by atoms with E-state index >= 15 is 0 Å². The number of benzene rings is 1. The highest BCUT2D eigenvalue weighted by molar-refractivity contribution is 5.96. The summed E-state index contributed by atoms with van der Waals surface area (Å²) in [7, 11) is 1.80. The molecule has 0 saturated carbocycles. The number of carbonyl (C=O) groups is 1. The van der Waals surface area contributed by atoms with Crippen LogP contribution in [0, 0.1) is 0 Å². The molecule has 3 N–H and O–H groups in total. The molecule has 1 fully saturated rings. The molecule has 1 amide bonds. The molecule has 4 aromatic rings.